The van der Waals surface area contributed by atoms with Crippen LogP contribution in [0.2, 0.25) is 0 Å². The number of alkyl carbamates (subject to hydrolysis) is 1. The number of carbonyl (C=O) groups is 3. The molecule has 0 radical (unpaired) electrons. The lowest BCUT2D eigenvalue weighted by Crippen LogP contribution is -2.44. The van der Waals surface area contributed by atoms with Gasteiger partial charge in [0.15, 0.2) is 0 Å². The van der Waals surface area contributed by atoms with Crippen LogP contribution >= 0.6 is 0 Å². The van der Waals surface area contributed by atoms with Crippen LogP contribution in [-0.4, -0.2) is 41.8 Å². The van der Waals surface area contributed by atoms with Crippen molar-refractivity contribution in [3.8, 4) is 11.1 Å². The summed E-state index contributed by atoms with van der Waals surface area (Å²) in [6.45, 7) is 5.88. The van der Waals surface area contributed by atoms with Gasteiger partial charge in [-0.2, -0.15) is 0 Å². The van der Waals surface area contributed by atoms with E-state index in [1.807, 2.05) is 50.2 Å². The van der Waals surface area contributed by atoms with Crippen molar-refractivity contribution in [2.24, 2.45) is 5.92 Å². The molecule has 1 aliphatic carbocycles. The third kappa shape index (κ3) is 6.34. The van der Waals surface area contributed by atoms with E-state index in [1.54, 1.807) is 6.92 Å². The second kappa shape index (κ2) is 11.0. The highest BCUT2D eigenvalue weighted by Crippen LogP contribution is 2.44. The Morgan fingerprint density at radius 3 is 2.03 bits per heavy atom. The summed E-state index contributed by atoms with van der Waals surface area (Å²) in [6.07, 6.45) is 0.430. The van der Waals surface area contributed by atoms with E-state index in [0.717, 1.165) is 22.3 Å². The second-order valence-corrected chi connectivity index (χ2v) is 9.00. The molecule has 0 saturated heterocycles. The molecular formula is C26H32N2O5. The van der Waals surface area contributed by atoms with Gasteiger partial charge in [0, 0.05) is 18.4 Å². The lowest BCUT2D eigenvalue weighted by atomic mass is 9.98. The first-order valence-corrected chi connectivity index (χ1v) is 11.4. The summed E-state index contributed by atoms with van der Waals surface area (Å²) < 4.78 is 5.50. The molecule has 2 amide bonds. The lowest BCUT2D eigenvalue weighted by molar-refractivity contribution is -0.142. The molecule has 3 N–H and O–H groups in total. The Morgan fingerprint density at radius 2 is 1.48 bits per heavy atom. The van der Waals surface area contributed by atoms with Crippen molar-refractivity contribution < 1.29 is 24.2 Å². The summed E-state index contributed by atoms with van der Waals surface area (Å²) in [7, 11) is 0. The summed E-state index contributed by atoms with van der Waals surface area (Å²) in [5, 5.41) is 14.5. The highest BCUT2D eigenvalue weighted by Gasteiger charge is 2.29. The first-order valence-electron chi connectivity index (χ1n) is 11.4. The van der Waals surface area contributed by atoms with Crippen molar-refractivity contribution in [3.63, 3.8) is 0 Å². The molecule has 2 aromatic rings. The van der Waals surface area contributed by atoms with Crippen LogP contribution in [0.15, 0.2) is 48.5 Å². The largest absolute Gasteiger partial charge is 0.480 e. The van der Waals surface area contributed by atoms with E-state index < -0.39 is 30.1 Å². The fraction of sp³-hybridized carbons (Fsp3) is 0.423. The molecule has 0 aromatic heterocycles. The Kier molecular flexibility index (Phi) is 8.09. The van der Waals surface area contributed by atoms with Gasteiger partial charge < -0.3 is 20.5 Å². The van der Waals surface area contributed by atoms with Crippen molar-refractivity contribution >= 4 is 18.0 Å². The fourth-order valence-electron chi connectivity index (χ4n) is 4.18. The molecule has 1 aliphatic rings. The van der Waals surface area contributed by atoms with Gasteiger partial charge in [0.25, 0.3) is 0 Å². The number of benzene rings is 2. The molecule has 0 spiro atoms. The van der Waals surface area contributed by atoms with Crippen LogP contribution in [0.1, 0.15) is 57.1 Å². The maximum atomic E-state index is 12.4. The Balaban J connectivity index is 1.50. The van der Waals surface area contributed by atoms with Crippen LogP contribution in [-0.2, 0) is 14.3 Å². The standard InChI is InChI=1S/C26H32N2O5/c1-16(2)12-13-23(25(30)31)28-24(29)14-17(3)27-26(32)33-15-22-20-10-6-4-8-18(20)19-9-5-7-11-21(19)22/h4-11,16-17,22-23H,12-15H2,1-3H3,(H,27,32)(H,28,29)(H,30,31). The Bertz CT molecular complexity index is 958. The minimum atomic E-state index is -1.05. The van der Waals surface area contributed by atoms with E-state index in [4.69, 9.17) is 4.74 Å². The molecule has 7 heteroatoms. The highest BCUT2D eigenvalue weighted by atomic mass is 16.5. The van der Waals surface area contributed by atoms with Gasteiger partial charge in [-0.3, -0.25) is 4.79 Å². The number of hydrogen-bond donors (Lipinski definition) is 3. The Labute approximate surface area is 194 Å². The Hall–Kier alpha value is -3.35. The molecule has 7 nitrogen and oxygen atoms in total. The number of rotatable bonds is 10. The van der Waals surface area contributed by atoms with Gasteiger partial charge in [-0.15, -0.1) is 0 Å². The predicted molar refractivity (Wildman–Crippen MR) is 126 cm³/mol. The zero-order valence-electron chi connectivity index (χ0n) is 19.3. The van der Waals surface area contributed by atoms with Gasteiger partial charge in [0.1, 0.15) is 12.6 Å². The fourth-order valence-corrected chi connectivity index (χ4v) is 4.18. The van der Waals surface area contributed by atoms with Crippen LogP contribution in [0.3, 0.4) is 0 Å². The first-order chi connectivity index (χ1) is 15.8. The predicted octanol–water partition coefficient (Wildman–Crippen LogP) is 4.31. The van der Waals surface area contributed by atoms with Gasteiger partial charge in [-0.25, -0.2) is 9.59 Å². The molecule has 176 valence electrons. The van der Waals surface area contributed by atoms with Crippen molar-refractivity contribution in [2.45, 2.75) is 58.0 Å². The highest BCUT2D eigenvalue weighted by molar-refractivity contribution is 5.84. The summed E-state index contributed by atoms with van der Waals surface area (Å²) in [5.41, 5.74) is 4.55. The molecule has 0 fully saturated rings. The maximum Gasteiger partial charge on any atom is 0.407 e. The van der Waals surface area contributed by atoms with E-state index in [0.29, 0.717) is 18.8 Å². The zero-order valence-corrected chi connectivity index (χ0v) is 19.3. The summed E-state index contributed by atoms with van der Waals surface area (Å²) >= 11 is 0. The topological polar surface area (TPSA) is 105 Å². The minimum absolute atomic E-state index is 0.0321. The number of fused-ring (bicyclic) bond motifs is 3. The number of carboxylic acids is 1. The molecule has 0 aliphatic heterocycles. The summed E-state index contributed by atoms with van der Waals surface area (Å²) in [6, 6.07) is 14.8. The monoisotopic (exact) mass is 452 g/mol. The third-order valence-electron chi connectivity index (χ3n) is 5.87. The smallest absolute Gasteiger partial charge is 0.407 e. The number of ether oxygens (including phenoxy) is 1. The van der Waals surface area contributed by atoms with Gasteiger partial charge >= 0.3 is 12.1 Å². The average Bonchev–Trinajstić information content (AvgIpc) is 3.08. The van der Waals surface area contributed by atoms with Crippen LogP contribution in [0.4, 0.5) is 4.79 Å². The lowest BCUT2D eigenvalue weighted by Gasteiger charge is -2.19. The molecule has 33 heavy (non-hydrogen) atoms. The summed E-state index contributed by atoms with van der Waals surface area (Å²) in [4.78, 5) is 36.0. The molecule has 2 unspecified atom stereocenters. The molecule has 2 atom stereocenters. The molecule has 0 heterocycles. The third-order valence-corrected chi connectivity index (χ3v) is 5.87. The van der Waals surface area contributed by atoms with E-state index >= 15 is 0 Å². The van der Waals surface area contributed by atoms with Crippen molar-refractivity contribution in [3.05, 3.63) is 59.7 Å². The zero-order chi connectivity index (χ0) is 24.0. The number of nitrogens with one attached hydrogen (secondary N) is 2. The maximum absolute atomic E-state index is 12.4. The van der Waals surface area contributed by atoms with E-state index in [9.17, 15) is 19.5 Å². The van der Waals surface area contributed by atoms with Crippen molar-refractivity contribution in [2.75, 3.05) is 6.61 Å². The Morgan fingerprint density at radius 1 is 0.909 bits per heavy atom. The number of hydrogen-bond acceptors (Lipinski definition) is 4. The van der Waals surface area contributed by atoms with Gasteiger partial charge in [0.05, 0.1) is 0 Å². The SMILES string of the molecule is CC(C)CCC(NC(=O)CC(C)NC(=O)OCC1c2ccccc2-c2ccccc21)C(=O)O. The van der Waals surface area contributed by atoms with Crippen LogP contribution in [0.5, 0.6) is 0 Å². The molecular weight excluding hydrogens is 420 g/mol. The van der Waals surface area contributed by atoms with Gasteiger partial charge in [-0.1, -0.05) is 62.4 Å². The minimum Gasteiger partial charge on any atom is -0.480 e. The number of amides is 2. The van der Waals surface area contributed by atoms with Crippen LogP contribution in [0.25, 0.3) is 11.1 Å². The van der Waals surface area contributed by atoms with E-state index in [1.165, 1.54) is 0 Å². The number of carboxylic acid groups (broad SMARTS) is 1. The van der Waals surface area contributed by atoms with Gasteiger partial charge in [0.2, 0.25) is 5.91 Å². The molecule has 0 bridgehead atoms. The quantitative estimate of drug-likeness (QED) is 0.498. The van der Waals surface area contributed by atoms with Crippen molar-refractivity contribution in [1.29, 1.82) is 0 Å². The number of aliphatic carboxylic acids is 1. The first kappa shape index (κ1) is 24.3. The van der Waals surface area contributed by atoms with Crippen LogP contribution < -0.4 is 10.6 Å². The number of carbonyl (C=O) groups excluding carboxylic acids is 2. The molecule has 0 saturated carbocycles. The average molecular weight is 453 g/mol. The van der Waals surface area contributed by atoms with Crippen LogP contribution in [0, 0.1) is 5.92 Å². The summed E-state index contributed by atoms with van der Waals surface area (Å²) in [5.74, 6) is -1.17. The van der Waals surface area contributed by atoms with E-state index in [2.05, 4.69) is 22.8 Å². The van der Waals surface area contributed by atoms with Gasteiger partial charge in [-0.05, 0) is 47.9 Å². The molecule has 2 aromatic carbocycles. The van der Waals surface area contributed by atoms with E-state index in [-0.39, 0.29) is 18.9 Å². The molecule has 3 rings (SSSR count). The normalized spacial score (nSPS) is 14.2. The second-order valence-electron chi connectivity index (χ2n) is 9.00. The van der Waals surface area contributed by atoms with Crippen molar-refractivity contribution in [1.82, 2.24) is 10.6 Å².